The van der Waals surface area contributed by atoms with Crippen LogP contribution in [0.3, 0.4) is 0 Å². The van der Waals surface area contributed by atoms with E-state index in [0.717, 1.165) is 11.1 Å². The fourth-order valence-electron chi connectivity index (χ4n) is 1.73. The van der Waals surface area contributed by atoms with Gasteiger partial charge in [-0.25, -0.2) is 0 Å². The van der Waals surface area contributed by atoms with Crippen molar-refractivity contribution in [1.82, 2.24) is 0 Å². The number of nitrogen functional groups attached to an aromatic ring is 1. The zero-order chi connectivity index (χ0) is 14.8. The molecule has 0 saturated heterocycles. The number of rotatable bonds is 3. The van der Waals surface area contributed by atoms with Crippen LogP contribution in [0.4, 0.5) is 11.4 Å². The van der Waals surface area contributed by atoms with Gasteiger partial charge in [0.25, 0.3) is 0 Å². The van der Waals surface area contributed by atoms with Crippen LogP contribution in [0.5, 0.6) is 0 Å². The first-order chi connectivity index (χ1) is 8.61. The molecule has 0 radical (unpaired) electrons. The molecule has 0 saturated carbocycles. The number of hydrogen-bond acceptors (Lipinski definition) is 2. The van der Waals surface area contributed by atoms with Crippen LogP contribution in [0, 0.1) is 25.2 Å². The number of benzene rings is 1. The molecule has 3 N–H and O–H groups in total. The van der Waals surface area contributed by atoms with Crippen molar-refractivity contribution in [2.24, 2.45) is 11.3 Å². The number of nitrogens with one attached hydrogen (secondary N) is 1. The molecule has 3 nitrogen and oxygen atoms in total. The summed E-state index contributed by atoms with van der Waals surface area (Å²) >= 11 is 0. The molecule has 0 aliphatic rings. The van der Waals surface area contributed by atoms with Gasteiger partial charge in [-0.15, -0.1) is 0 Å². The normalized spacial score (nSPS) is 13.2. The Morgan fingerprint density at radius 2 is 1.79 bits per heavy atom. The molecule has 0 aliphatic heterocycles. The number of anilines is 2. The molecule has 0 aromatic heterocycles. The second-order valence-corrected chi connectivity index (χ2v) is 6.54. The highest BCUT2D eigenvalue weighted by Gasteiger charge is 2.22. The molecule has 1 amide bonds. The highest BCUT2D eigenvalue weighted by molar-refractivity contribution is 5.94. The molecule has 106 valence electrons. The molecule has 0 aliphatic carbocycles. The molecular formula is C16H26N2O. The molecule has 1 unspecified atom stereocenters. The van der Waals surface area contributed by atoms with Gasteiger partial charge in [0, 0.05) is 6.42 Å². The summed E-state index contributed by atoms with van der Waals surface area (Å²) < 4.78 is 0. The summed E-state index contributed by atoms with van der Waals surface area (Å²) in [7, 11) is 0. The summed E-state index contributed by atoms with van der Waals surface area (Å²) in [5.41, 5.74) is 9.68. The summed E-state index contributed by atoms with van der Waals surface area (Å²) in [6.07, 6.45) is 0.510. The lowest BCUT2D eigenvalue weighted by Crippen LogP contribution is -2.24. The summed E-state index contributed by atoms with van der Waals surface area (Å²) in [5.74, 6) is 0.345. The molecule has 0 spiro atoms. The van der Waals surface area contributed by atoms with Crippen molar-refractivity contribution < 1.29 is 4.79 Å². The van der Waals surface area contributed by atoms with Gasteiger partial charge in [-0.2, -0.15) is 0 Å². The third kappa shape index (κ3) is 4.27. The van der Waals surface area contributed by atoms with E-state index in [-0.39, 0.29) is 11.3 Å². The lowest BCUT2D eigenvalue weighted by Gasteiger charge is -2.26. The van der Waals surface area contributed by atoms with E-state index < -0.39 is 0 Å². The lowest BCUT2D eigenvalue weighted by molar-refractivity contribution is -0.117. The third-order valence-corrected chi connectivity index (χ3v) is 3.91. The number of hydrogen-bond donors (Lipinski definition) is 2. The summed E-state index contributed by atoms with van der Waals surface area (Å²) in [6.45, 7) is 12.6. The van der Waals surface area contributed by atoms with E-state index >= 15 is 0 Å². The summed E-state index contributed by atoms with van der Waals surface area (Å²) in [6, 6.07) is 3.84. The Bertz CT molecular complexity index is 472. The SMILES string of the molecule is Cc1cc(N)c(NC(=O)CC(C)C(C)(C)C)cc1C. The van der Waals surface area contributed by atoms with Gasteiger partial charge in [-0.1, -0.05) is 27.7 Å². The smallest absolute Gasteiger partial charge is 0.224 e. The fourth-order valence-corrected chi connectivity index (χ4v) is 1.73. The number of carbonyl (C=O) groups is 1. The Morgan fingerprint density at radius 3 is 2.32 bits per heavy atom. The Kier molecular flexibility index (Phi) is 4.61. The third-order valence-electron chi connectivity index (χ3n) is 3.91. The highest BCUT2D eigenvalue weighted by atomic mass is 16.1. The Morgan fingerprint density at radius 1 is 1.26 bits per heavy atom. The van der Waals surface area contributed by atoms with Crippen LogP contribution >= 0.6 is 0 Å². The maximum atomic E-state index is 12.1. The molecular weight excluding hydrogens is 236 g/mol. The van der Waals surface area contributed by atoms with E-state index in [1.165, 1.54) is 0 Å². The minimum absolute atomic E-state index is 0.0254. The topological polar surface area (TPSA) is 55.1 Å². The van der Waals surface area contributed by atoms with Gasteiger partial charge in [0.2, 0.25) is 5.91 Å². The number of carbonyl (C=O) groups excluding carboxylic acids is 1. The van der Waals surface area contributed by atoms with Crippen LogP contribution in [-0.4, -0.2) is 5.91 Å². The lowest BCUT2D eigenvalue weighted by atomic mass is 9.80. The van der Waals surface area contributed by atoms with Gasteiger partial charge in [0.15, 0.2) is 0 Å². The van der Waals surface area contributed by atoms with Crippen LogP contribution in [0.2, 0.25) is 0 Å². The number of amides is 1. The molecule has 1 aromatic rings. The second kappa shape index (κ2) is 5.64. The van der Waals surface area contributed by atoms with Gasteiger partial charge in [0.05, 0.1) is 11.4 Å². The quantitative estimate of drug-likeness (QED) is 0.812. The van der Waals surface area contributed by atoms with E-state index in [1.54, 1.807) is 0 Å². The van der Waals surface area contributed by atoms with Crippen molar-refractivity contribution in [3.8, 4) is 0 Å². The maximum Gasteiger partial charge on any atom is 0.224 e. The molecule has 1 atom stereocenters. The van der Waals surface area contributed by atoms with Gasteiger partial charge in [0.1, 0.15) is 0 Å². The fraction of sp³-hybridized carbons (Fsp3) is 0.562. The minimum Gasteiger partial charge on any atom is -0.397 e. The first kappa shape index (κ1) is 15.5. The molecule has 19 heavy (non-hydrogen) atoms. The van der Waals surface area contributed by atoms with Gasteiger partial charge >= 0.3 is 0 Å². The van der Waals surface area contributed by atoms with Crippen LogP contribution in [0.25, 0.3) is 0 Å². The molecule has 0 heterocycles. The van der Waals surface area contributed by atoms with Crippen molar-refractivity contribution in [3.63, 3.8) is 0 Å². The van der Waals surface area contributed by atoms with Crippen molar-refractivity contribution in [2.45, 2.75) is 48.0 Å². The largest absolute Gasteiger partial charge is 0.397 e. The zero-order valence-electron chi connectivity index (χ0n) is 12.9. The summed E-state index contributed by atoms with van der Waals surface area (Å²) in [4.78, 5) is 12.1. The van der Waals surface area contributed by atoms with Crippen molar-refractivity contribution >= 4 is 17.3 Å². The predicted molar refractivity (Wildman–Crippen MR) is 82.2 cm³/mol. The Labute approximate surface area is 116 Å². The zero-order valence-corrected chi connectivity index (χ0v) is 12.9. The standard InChI is InChI=1S/C16H26N2O/c1-10-7-13(17)14(8-11(10)2)18-15(19)9-12(3)16(4,5)6/h7-8,12H,9,17H2,1-6H3,(H,18,19). The molecule has 3 heteroatoms. The van der Waals surface area contributed by atoms with E-state index in [0.29, 0.717) is 23.7 Å². The first-order valence-electron chi connectivity index (χ1n) is 6.78. The van der Waals surface area contributed by atoms with E-state index in [4.69, 9.17) is 5.73 Å². The summed E-state index contributed by atoms with van der Waals surface area (Å²) in [5, 5.41) is 2.92. The molecule has 1 aromatic carbocycles. The van der Waals surface area contributed by atoms with Crippen LogP contribution in [0.15, 0.2) is 12.1 Å². The van der Waals surface area contributed by atoms with E-state index in [9.17, 15) is 4.79 Å². The van der Waals surface area contributed by atoms with E-state index in [1.807, 2.05) is 26.0 Å². The molecule has 0 fully saturated rings. The van der Waals surface area contributed by atoms with Crippen molar-refractivity contribution in [1.29, 1.82) is 0 Å². The molecule has 0 bridgehead atoms. The first-order valence-corrected chi connectivity index (χ1v) is 6.78. The maximum absolute atomic E-state index is 12.1. The van der Waals surface area contributed by atoms with Gasteiger partial charge < -0.3 is 11.1 Å². The van der Waals surface area contributed by atoms with Crippen molar-refractivity contribution in [2.75, 3.05) is 11.1 Å². The predicted octanol–water partition coefficient (Wildman–Crippen LogP) is 3.90. The second-order valence-electron chi connectivity index (χ2n) is 6.54. The molecule has 1 rings (SSSR count). The van der Waals surface area contributed by atoms with Gasteiger partial charge in [-0.3, -0.25) is 4.79 Å². The average molecular weight is 262 g/mol. The van der Waals surface area contributed by atoms with Crippen LogP contribution in [0.1, 0.15) is 45.2 Å². The van der Waals surface area contributed by atoms with Crippen molar-refractivity contribution in [3.05, 3.63) is 23.3 Å². The Balaban J connectivity index is 2.76. The van der Waals surface area contributed by atoms with Gasteiger partial charge in [-0.05, 0) is 48.4 Å². The Hall–Kier alpha value is -1.51. The number of nitrogens with two attached hydrogens (primary N) is 1. The van der Waals surface area contributed by atoms with Crippen LogP contribution in [-0.2, 0) is 4.79 Å². The number of aryl methyl sites for hydroxylation is 2. The van der Waals surface area contributed by atoms with E-state index in [2.05, 4.69) is 33.0 Å². The average Bonchev–Trinajstić information content (AvgIpc) is 2.24. The minimum atomic E-state index is 0.0254. The highest BCUT2D eigenvalue weighted by Crippen LogP contribution is 2.29. The monoisotopic (exact) mass is 262 g/mol. The van der Waals surface area contributed by atoms with Crippen LogP contribution < -0.4 is 11.1 Å².